The molecule has 0 aromatic rings. The smallest absolute Gasteiger partial charge is 0.228 e. The average molecular weight is 242 g/mol. The third-order valence-corrected chi connectivity index (χ3v) is 3.03. The molecule has 0 spiro atoms. The molecule has 0 aromatic carbocycles. The Bertz CT molecular complexity index is 229. The van der Waals surface area contributed by atoms with Gasteiger partial charge in [-0.05, 0) is 6.42 Å². The van der Waals surface area contributed by atoms with Crippen molar-refractivity contribution in [3.63, 3.8) is 0 Å². The zero-order valence-corrected chi connectivity index (χ0v) is 10.9. The summed E-state index contributed by atoms with van der Waals surface area (Å²) < 4.78 is 0. The Balaban J connectivity index is 3.62. The lowest BCUT2D eigenvalue weighted by molar-refractivity contribution is -0.131. The van der Waals surface area contributed by atoms with E-state index in [4.69, 9.17) is 11.5 Å². The van der Waals surface area contributed by atoms with Crippen LogP contribution in [0.4, 0.5) is 0 Å². The Morgan fingerprint density at radius 1 is 1.00 bits per heavy atom. The van der Waals surface area contributed by atoms with Crippen LogP contribution in [-0.2, 0) is 9.59 Å². The van der Waals surface area contributed by atoms with Gasteiger partial charge in [0.05, 0.1) is 12.5 Å². The van der Waals surface area contributed by atoms with E-state index in [0.29, 0.717) is 6.42 Å². The van der Waals surface area contributed by atoms with Crippen LogP contribution in [0, 0.1) is 5.92 Å². The summed E-state index contributed by atoms with van der Waals surface area (Å²) in [6, 6.07) is 0. The second-order valence-corrected chi connectivity index (χ2v) is 4.54. The topological polar surface area (TPSA) is 86.2 Å². The molecule has 4 N–H and O–H groups in total. The number of Topliss-reactive ketones (excluding diaryl/α,β-unsaturated/α-hetero) is 1. The summed E-state index contributed by atoms with van der Waals surface area (Å²) >= 11 is 0. The molecule has 100 valence electrons. The van der Waals surface area contributed by atoms with Crippen molar-refractivity contribution < 1.29 is 9.59 Å². The standard InChI is InChI=1S/C13H26N2O2/c1-2-3-4-5-6-7-8-9-11(13(15)17)12(16)10-14/h11H,2-10,14H2,1H3,(H2,15,17). The summed E-state index contributed by atoms with van der Waals surface area (Å²) in [4.78, 5) is 22.4. The minimum Gasteiger partial charge on any atom is -0.369 e. The summed E-state index contributed by atoms with van der Waals surface area (Å²) in [7, 11) is 0. The maximum atomic E-state index is 11.3. The minimum absolute atomic E-state index is 0.0931. The number of rotatable bonds is 11. The highest BCUT2D eigenvalue weighted by molar-refractivity contribution is 6.01. The fourth-order valence-corrected chi connectivity index (χ4v) is 1.91. The first kappa shape index (κ1) is 16.1. The lowest BCUT2D eigenvalue weighted by Gasteiger charge is -2.10. The third-order valence-electron chi connectivity index (χ3n) is 3.03. The van der Waals surface area contributed by atoms with Crippen molar-refractivity contribution in [2.24, 2.45) is 17.4 Å². The van der Waals surface area contributed by atoms with Crippen molar-refractivity contribution in [2.75, 3.05) is 6.54 Å². The molecular formula is C13H26N2O2. The maximum absolute atomic E-state index is 11.3. The first-order valence-corrected chi connectivity index (χ1v) is 6.65. The van der Waals surface area contributed by atoms with Crippen molar-refractivity contribution in [3.8, 4) is 0 Å². The van der Waals surface area contributed by atoms with Crippen LogP contribution < -0.4 is 11.5 Å². The van der Waals surface area contributed by atoms with E-state index in [2.05, 4.69) is 6.92 Å². The van der Waals surface area contributed by atoms with Gasteiger partial charge in [-0.25, -0.2) is 0 Å². The Morgan fingerprint density at radius 3 is 2.00 bits per heavy atom. The normalized spacial score (nSPS) is 12.4. The van der Waals surface area contributed by atoms with E-state index < -0.39 is 11.8 Å². The van der Waals surface area contributed by atoms with Gasteiger partial charge in [-0.1, -0.05) is 51.9 Å². The van der Waals surface area contributed by atoms with Crippen LogP contribution in [0.3, 0.4) is 0 Å². The Hall–Kier alpha value is -0.900. The molecule has 0 aliphatic heterocycles. The fourth-order valence-electron chi connectivity index (χ4n) is 1.91. The van der Waals surface area contributed by atoms with E-state index in [1.165, 1.54) is 32.1 Å². The number of hydrogen-bond donors (Lipinski definition) is 2. The number of unbranched alkanes of at least 4 members (excludes halogenated alkanes) is 6. The van der Waals surface area contributed by atoms with Crippen molar-refractivity contribution in [2.45, 2.75) is 58.3 Å². The molecule has 0 aliphatic rings. The molecule has 0 bridgehead atoms. The predicted octanol–water partition coefficient (Wildman–Crippen LogP) is 1.76. The number of carbonyl (C=O) groups is 2. The number of primary amides is 1. The molecule has 0 radical (unpaired) electrons. The van der Waals surface area contributed by atoms with Gasteiger partial charge in [0.25, 0.3) is 0 Å². The molecule has 0 fully saturated rings. The van der Waals surface area contributed by atoms with Gasteiger partial charge in [0, 0.05) is 0 Å². The molecule has 4 heteroatoms. The van der Waals surface area contributed by atoms with Gasteiger partial charge in [0.15, 0.2) is 5.78 Å². The highest BCUT2D eigenvalue weighted by Crippen LogP contribution is 2.13. The lowest BCUT2D eigenvalue weighted by Crippen LogP contribution is -2.34. The SMILES string of the molecule is CCCCCCCCCC(C(N)=O)C(=O)CN. The molecular weight excluding hydrogens is 216 g/mol. The first-order chi connectivity index (χ1) is 8.13. The third kappa shape index (κ3) is 7.91. The first-order valence-electron chi connectivity index (χ1n) is 6.65. The summed E-state index contributed by atoms with van der Waals surface area (Å²) in [6.07, 6.45) is 8.71. The molecule has 0 saturated heterocycles. The molecule has 0 rings (SSSR count). The lowest BCUT2D eigenvalue weighted by atomic mass is 9.95. The van der Waals surface area contributed by atoms with E-state index >= 15 is 0 Å². The number of amides is 1. The fraction of sp³-hybridized carbons (Fsp3) is 0.846. The zero-order valence-electron chi connectivity index (χ0n) is 10.9. The van der Waals surface area contributed by atoms with Crippen LogP contribution in [0.1, 0.15) is 58.3 Å². The largest absolute Gasteiger partial charge is 0.369 e. The van der Waals surface area contributed by atoms with E-state index in [9.17, 15) is 9.59 Å². The van der Waals surface area contributed by atoms with Gasteiger partial charge in [-0.3, -0.25) is 9.59 Å². The highest BCUT2D eigenvalue weighted by Gasteiger charge is 2.21. The molecule has 17 heavy (non-hydrogen) atoms. The van der Waals surface area contributed by atoms with Gasteiger partial charge in [0.2, 0.25) is 5.91 Å². The molecule has 4 nitrogen and oxygen atoms in total. The van der Waals surface area contributed by atoms with E-state index in [-0.39, 0.29) is 12.3 Å². The minimum atomic E-state index is -0.671. The molecule has 0 aromatic heterocycles. The van der Waals surface area contributed by atoms with Crippen molar-refractivity contribution in [3.05, 3.63) is 0 Å². The maximum Gasteiger partial charge on any atom is 0.228 e. The van der Waals surface area contributed by atoms with Crippen molar-refractivity contribution in [1.29, 1.82) is 0 Å². The molecule has 1 unspecified atom stereocenters. The van der Waals surface area contributed by atoms with Crippen molar-refractivity contribution >= 4 is 11.7 Å². The Morgan fingerprint density at radius 2 is 1.53 bits per heavy atom. The Labute approximate surface area is 104 Å². The number of nitrogens with two attached hydrogens (primary N) is 2. The average Bonchev–Trinajstić information content (AvgIpc) is 2.31. The van der Waals surface area contributed by atoms with Gasteiger partial charge < -0.3 is 11.5 Å². The van der Waals surface area contributed by atoms with Crippen LogP contribution in [0.5, 0.6) is 0 Å². The predicted molar refractivity (Wildman–Crippen MR) is 69.4 cm³/mol. The van der Waals surface area contributed by atoms with Crippen LogP contribution in [0.25, 0.3) is 0 Å². The van der Waals surface area contributed by atoms with E-state index in [1.807, 2.05) is 0 Å². The van der Waals surface area contributed by atoms with Gasteiger partial charge in [-0.2, -0.15) is 0 Å². The molecule has 0 aliphatic carbocycles. The molecule has 0 heterocycles. The molecule has 1 amide bonds. The summed E-state index contributed by atoms with van der Waals surface area (Å²) in [6.45, 7) is 2.10. The molecule has 1 atom stereocenters. The van der Waals surface area contributed by atoms with Crippen LogP contribution in [-0.4, -0.2) is 18.2 Å². The number of ketones is 1. The molecule has 0 saturated carbocycles. The van der Waals surface area contributed by atoms with Gasteiger partial charge >= 0.3 is 0 Å². The van der Waals surface area contributed by atoms with Crippen LogP contribution >= 0.6 is 0 Å². The van der Waals surface area contributed by atoms with Crippen LogP contribution in [0.15, 0.2) is 0 Å². The summed E-state index contributed by atoms with van der Waals surface area (Å²) in [5.41, 5.74) is 10.4. The monoisotopic (exact) mass is 242 g/mol. The summed E-state index contributed by atoms with van der Waals surface area (Å²) in [5.74, 6) is -1.44. The second kappa shape index (κ2) is 10.3. The quantitative estimate of drug-likeness (QED) is 0.427. The summed E-state index contributed by atoms with van der Waals surface area (Å²) in [5, 5.41) is 0. The van der Waals surface area contributed by atoms with Crippen LogP contribution in [0.2, 0.25) is 0 Å². The second-order valence-electron chi connectivity index (χ2n) is 4.54. The van der Waals surface area contributed by atoms with Crippen molar-refractivity contribution in [1.82, 2.24) is 0 Å². The van der Waals surface area contributed by atoms with E-state index in [0.717, 1.165) is 12.8 Å². The van der Waals surface area contributed by atoms with E-state index in [1.54, 1.807) is 0 Å². The Kier molecular flexibility index (Phi) is 9.72. The highest BCUT2D eigenvalue weighted by atomic mass is 16.2. The van der Waals surface area contributed by atoms with Gasteiger partial charge in [0.1, 0.15) is 0 Å². The number of hydrogen-bond acceptors (Lipinski definition) is 3. The zero-order chi connectivity index (χ0) is 13.1. The number of carbonyl (C=O) groups excluding carboxylic acids is 2. The van der Waals surface area contributed by atoms with Gasteiger partial charge in [-0.15, -0.1) is 0 Å².